The molecule has 19 heavy (non-hydrogen) atoms. The van der Waals surface area contributed by atoms with Gasteiger partial charge in [-0.1, -0.05) is 45.8 Å². The molecule has 0 aliphatic carbocycles. The molecule has 3 aromatic rings. The molecule has 0 aliphatic heterocycles. The summed E-state index contributed by atoms with van der Waals surface area (Å²) in [5.41, 5.74) is 3.50. The van der Waals surface area contributed by atoms with Crippen molar-refractivity contribution in [2.24, 2.45) is 0 Å². The molecule has 0 fully saturated rings. The number of halogens is 1. The topological polar surface area (TPSA) is 12.0 Å². The Morgan fingerprint density at radius 3 is 2.16 bits per heavy atom. The Bertz CT molecular complexity index is 717. The Kier molecular flexibility index (Phi) is 3.26. The second-order valence-electron chi connectivity index (χ2n) is 4.70. The van der Waals surface area contributed by atoms with E-state index in [1.54, 1.807) is 0 Å². The lowest BCUT2D eigenvalue weighted by Gasteiger charge is -2.08. The third-order valence-corrected chi connectivity index (χ3v) is 3.64. The van der Waals surface area contributed by atoms with Crippen molar-refractivity contribution < 1.29 is 0 Å². The summed E-state index contributed by atoms with van der Waals surface area (Å²) < 4.78 is 1.11. The van der Waals surface area contributed by atoms with Crippen molar-refractivity contribution in [3.05, 3.63) is 70.7 Å². The maximum absolute atomic E-state index is 3.50. The zero-order chi connectivity index (χ0) is 13.2. The highest BCUT2D eigenvalue weighted by molar-refractivity contribution is 9.10. The van der Waals surface area contributed by atoms with Crippen molar-refractivity contribution in [2.45, 2.75) is 6.92 Å². The molecule has 3 aromatic carbocycles. The number of benzene rings is 3. The Balaban J connectivity index is 1.93. The monoisotopic (exact) mass is 311 g/mol. The fourth-order valence-corrected chi connectivity index (χ4v) is 2.48. The van der Waals surface area contributed by atoms with Gasteiger partial charge >= 0.3 is 0 Å². The van der Waals surface area contributed by atoms with Crippen molar-refractivity contribution in [1.82, 2.24) is 0 Å². The van der Waals surface area contributed by atoms with Crippen LogP contribution in [0.3, 0.4) is 0 Å². The zero-order valence-corrected chi connectivity index (χ0v) is 12.2. The Morgan fingerprint density at radius 1 is 0.737 bits per heavy atom. The summed E-state index contributed by atoms with van der Waals surface area (Å²) >= 11 is 3.50. The fourth-order valence-electron chi connectivity index (χ4n) is 2.10. The Hall–Kier alpha value is -1.80. The highest BCUT2D eigenvalue weighted by Gasteiger charge is 1.98. The van der Waals surface area contributed by atoms with Gasteiger partial charge in [-0.2, -0.15) is 0 Å². The van der Waals surface area contributed by atoms with Gasteiger partial charge in [0.2, 0.25) is 0 Å². The average Bonchev–Trinajstić information content (AvgIpc) is 2.42. The summed E-state index contributed by atoms with van der Waals surface area (Å²) in [5.74, 6) is 0. The quantitative estimate of drug-likeness (QED) is 0.644. The second kappa shape index (κ2) is 5.06. The van der Waals surface area contributed by atoms with Crippen LogP contribution in [-0.4, -0.2) is 0 Å². The number of aryl methyl sites for hydroxylation is 1. The number of fused-ring (bicyclic) bond motifs is 1. The number of hydrogen-bond acceptors (Lipinski definition) is 1. The molecule has 1 N–H and O–H groups in total. The first kappa shape index (κ1) is 12.2. The van der Waals surface area contributed by atoms with Crippen LogP contribution in [0.4, 0.5) is 11.4 Å². The molecule has 3 rings (SSSR count). The first-order chi connectivity index (χ1) is 9.20. The molecule has 0 aliphatic rings. The van der Waals surface area contributed by atoms with Crippen LogP contribution in [0.2, 0.25) is 0 Å². The summed E-state index contributed by atoms with van der Waals surface area (Å²) in [4.78, 5) is 0. The third kappa shape index (κ3) is 2.79. The van der Waals surface area contributed by atoms with E-state index in [2.05, 4.69) is 88.8 Å². The lowest BCUT2D eigenvalue weighted by Crippen LogP contribution is -1.90. The highest BCUT2D eigenvalue weighted by atomic mass is 79.9. The summed E-state index contributed by atoms with van der Waals surface area (Å²) in [6.45, 7) is 2.09. The van der Waals surface area contributed by atoms with E-state index in [1.165, 1.54) is 16.3 Å². The summed E-state index contributed by atoms with van der Waals surface area (Å²) in [5, 5.41) is 5.90. The molecule has 0 saturated heterocycles. The van der Waals surface area contributed by atoms with Gasteiger partial charge < -0.3 is 5.32 Å². The molecule has 0 saturated carbocycles. The molecule has 1 nitrogen and oxygen atoms in total. The molecule has 0 heterocycles. The lowest BCUT2D eigenvalue weighted by molar-refractivity contribution is 1.46. The van der Waals surface area contributed by atoms with E-state index < -0.39 is 0 Å². The smallest absolute Gasteiger partial charge is 0.0390 e. The normalized spacial score (nSPS) is 10.6. The number of rotatable bonds is 2. The van der Waals surface area contributed by atoms with Crippen LogP contribution < -0.4 is 5.32 Å². The largest absolute Gasteiger partial charge is 0.356 e. The van der Waals surface area contributed by atoms with Gasteiger partial charge in [-0.15, -0.1) is 0 Å². The second-order valence-corrected chi connectivity index (χ2v) is 5.61. The van der Waals surface area contributed by atoms with E-state index in [1.807, 2.05) is 0 Å². The van der Waals surface area contributed by atoms with E-state index in [4.69, 9.17) is 0 Å². The molecule has 94 valence electrons. The van der Waals surface area contributed by atoms with E-state index in [0.29, 0.717) is 0 Å². The third-order valence-electron chi connectivity index (χ3n) is 3.14. The standard InChI is InChI=1S/C17H14BrN/c1-12-2-7-16(8-3-12)19-17-9-5-13-10-15(18)6-4-14(13)11-17/h2-11,19H,1H3. The molecule has 0 unspecified atom stereocenters. The molecular formula is C17H14BrN. The van der Waals surface area contributed by atoms with Crippen LogP contribution in [0.15, 0.2) is 65.1 Å². The minimum absolute atomic E-state index is 1.11. The van der Waals surface area contributed by atoms with Crippen molar-refractivity contribution in [3.8, 4) is 0 Å². The number of hydrogen-bond donors (Lipinski definition) is 1. The number of anilines is 2. The van der Waals surface area contributed by atoms with Crippen LogP contribution in [0.5, 0.6) is 0 Å². The van der Waals surface area contributed by atoms with E-state index in [-0.39, 0.29) is 0 Å². The highest BCUT2D eigenvalue weighted by Crippen LogP contribution is 2.25. The van der Waals surface area contributed by atoms with Crippen LogP contribution in [0, 0.1) is 6.92 Å². The molecule has 0 spiro atoms. The fraction of sp³-hybridized carbons (Fsp3) is 0.0588. The predicted molar refractivity (Wildman–Crippen MR) is 86.1 cm³/mol. The van der Waals surface area contributed by atoms with Crippen molar-refractivity contribution in [2.75, 3.05) is 5.32 Å². The molecular weight excluding hydrogens is 298 g/mol. The first-order valence-corrected chi connectivity index (χ1v) is 7.03. The van der Waals surface area contributed by atoms with Crippen LogP contribution in [-0.2, 0) is 0 Å². The summed E-state index contributed by atoms with van der Waals surface area (Å²) in [6, 6.07) is 21.2. The van der Waals surface area contributed by atoms with Gasteiger partial charge in [0.05, 0.1) is 0 Å². The predicted octanol–water partition coefficient (Wildman–Crippen LogP) is 5.65. The van der Waals surface area contributed by atoms with Gasteiger partial charge in [0, 0.05) is 15.8 Å². The molecule has 0 amide bonds. The van der Waals surface area contributed by atoms with Gasteiger partial charge in [0.15, 0.2) is 0 Å². The lowest BCUT2D eigenvalue weighted by atomic mass is 10.1. The zero-order valence-electron chi connectivity index (χ0n) is 10.7. The van der Waals surface area contributed by atoms with Crippen molar-refractivity contribution >= 4 is 38.1 Å². The molecule has 0 bridgehead atoms. The van der Waals surface area contributed by atoms with Crippen LogP contribution in [0.1, 0.15) is 5.56 Å². The van der Waals surface area contributed by atoms with Gasteiger partial charge in [0.25, 0.3) is 0 Å². The van der Waals surface area contributed by atoms with Crippen LogP contribution >= 0.6 is 15.9 Å². The Labute approximate surface area is 121 Å². The minimum atomic E-state index is 1.11. The number of nitrogens with one attached hydrogen (secondary N) is 1. The summed E-state index contributed by atoms with van der Waals surface area (Å²) in [7, 11) is 0. The van der Waals surface area contributed by atoms with Crippen molar-refractivity contribution in [1.29, 1.82) is 0 Å². The van der Waals surface area contributed by atoms with Gasteiger partial charge in [-0.25, -0.2) is 0 Å². The SMILES string of the molecule is Cc1ccc(Nc2ccc3cc(Br)ccc3c2)cc1. The average molecular weight is 312 g/mol. The molecule has 0 atom stereocenters. The van der Waals surface area contributed by atoms with Crippen molar-refractivity contribution in [3.63, 3.8) is 0 Å². The first-order valence-electron chi connectivity index (χ1n) is 6.24. The summed E-state index contributed by atoms with van der Waals surface area (Å²) in [6.07, 6.45) is 0. The Morgan fingerprint density at radius 2 is 1.37 bits per heavy atom. The maximum atomic E-state index is 3.50. The molecule has 2 heteroatoms. The molecule has 0 aromatic heterocycles. The van der Waals surface area contributed by atoms with E-state index >= 15 is 0 Å². The van der Waals surface area contributed by atoms with Crippen LogP contribution in [0.25, 0.3) is 10.8 Å². The van der Waals surface area contributed by atoms with E-state index in [9.17, 15) is 0 Å². The minimum Gasteiger partial charge on any atom is -0.356 e. The van der Waals surface area contributed by atoms with E-state index in [0.717, 1.165) is 15.8 Å². The van der Waals surface area contributed by atoms with Gasteiger partial charge in [0.1, 0.15) is 0 Å². The van der Waals surface area contributed by atoms with Gasteiger partial charge in [-0.3, -0.25) is 0 Å². The molecule has 0 radical (unpaired) electrons. The maximum Gasteiger partial charge on any atom is 0.0390 e. The van der Waals surface area contributed by atoms with Gasteiger partial charge in [-0.05, 0) is 54.1 Å².